The second-order valence-electron chi connectivity index (χ2n) is 4.92. The van der Waals surface area contributed by atoms with Crippen LogP contribution in [-0.2, 0) is 10.0 Å². The molecule has 0 N–H and O–H groups in total. The summed E-state index contributed by atoms with van der Waals surface area (Å²) in [6, 6.07) is 1.67. The first-order valence-corrected chi connectivity index (χ1v) is 9.20. The van der Waals surface area contributed by atoms with Crippen molar-refractivity contribution in [1.82, 2.24) is 22.9 Å². The van der Waals surface area contributed by atoms with Gasteiger partial charge < -0.3 is 4.90 Å². The molecule has 1 saturated heterocycles. The van der Waals surface area contributed by atoms with Crippen molar-refractivity contribution in [3.63, 3.8) is 0 Å². The predicted octanol–water partition coefficient (Wildman–Crippen LogP) is 0.194. The van der Waals surface area contributed by atoms with Crippen LogP contribution in [0.2, 0.25) is 0 Å². The van der Waals surface area contributed by atoms with Crippen molar-refractivity contribution in [2.75, 3.05) is 31.9 Å². The lowest BCUT2D eigenvalue weighted by atomic mass is 10.2. The van der Waals surface area contributed by atoms with E-state index in [1.165, 1.54) is 10.5 Å². The Morgan fingerprint density at radius 2 is 2.00 bits per heavy atom. The molecule has 0 aliphatic carbocycles. The van der Waals surface area contributed by atoms with Gasteiger partial charge in [-0.2, -0.15) is 13.1 Å². The van der Waals surface area contributed by atoms with Gasteiger partial charge in [-0.1, -0.05) is 0 Å². The molecule has 3 rings (SSSR count). The highest BCUT2D eigenvalue weighted by atomic mass is 32.2. The molecule has 0 spiro atoms. The summed E-state index contributed by atoms with van der Waals surface area (Å²) >= 11 is 1.05. The van der Waals surface area contributed by atoms with Crippen molar-refractivity contribution in [2.45, 2.75) is 6.92 Å². The molecule has 0 unspecified atom stereocenters. The Kier molecular flexibility index (Phi) is 4.06. The van der Waals surface area contributed by atoms with Crippen LogP contribution in [0.5, 0.6) is 0 Å². The van der Waals surface area contributed by atoms with Crippen LogP contribution in [0.15, 0.2) is 12.3 Å². The third kappa shape index (κ3) is 2.81. The molecule has 22 heavy (non-hydrogen) atoms. The van der Waals surface area contributed by atoms with Crippen LogP contribution in [0.3, 0.4) is 0 Å². The van der Waals surface area contributed by atoms with E-state index in [1.54, 1.807) is 17.9 Å². The highest BCUT2D eigenvalue weighted by Crippen LogP contribution is 2.15. The summed E-state index contributed by atoms with van der Waals surface area (Å²) in [5.74, 6) is -0.0748. The van der Waals surface area contributed by atoms with Crippen molar-refractivity contribution >= 4 is 38.8 Å². The summed E-state index contributed by atoms with van der Waals surface area (Å²) in [4.78, 5) is 18.2. The minimum atomic E-state index is -3.19. The first-order valence-electron chi connectivity index (χ1n) is 6.86. The molecular formula is C12H15N5O3S2. The van der Waals surface area contributed by atoms with Gasteiger partial charge in [0.25, 0.3) is 5.91 Å². The van der Waals surface area contributed by atoms with Crippen LogP contribution < -0.4 is 0 Å². The molecule has 10 heteroatoms. The maximum absolute atomic E-state index is 12.5. The number of aromatic nitrogens is 3. The lowest BCUT2D eigenvalue weighted by Crippen LogP contribution is -2.50. The molecule has 0 radical (unpaired) electrons. The van der Waals surface area contributed by atoms with Crippen LogP contribution in [0.1, 0.15) is 17.3 Å². The van der Waals surface area contributed by atoms with E-state index in [-0.39, 0.29) is 11.7 Å². The van der Waals surface area contributed by atoms with Gasteiger partial charge in [-0.25, -0.2) is 13.4 Å². The van der Waals surface area contributed by atoms with Gasteiger partial charge in [-0.05, 0) is 13.0 Å². The van der Waals surface area contributed by atoms with Crippen LogP contribution in [-0.4, -0.2) is 69.2 Å². The number of sulfonamides is 1. The fourth-order valence-corrected chi connectivity index (χ4v) is 3.90. The Morgan fingerprint density at radius 3 is 2.68 bits per heavy atom. The number of hydrogen-bond acceptors (Lipinski definition) is 7. The molecule has 118 valence electrons. The van der Waals surface area contributed by atoms with E-state index in [0.29, 0.717) is 42.9 Å². The van der Waals surface area contributed by atoms with Gasteiger partial charge in [0.1, 0.15) is 5.52 Å². The zero-order valence-electron chi connectivity index (χ0n) is 12.0. The predicted molar refractivity (Wildman–Crippen MR) is 82.1 cm³/mol. The molecule has 0 saturated carbocycles. The van der Waals surface area contributed by atoms with Crippen molar-refractivity contribution in [3.8, 4) is 0 Å². The number of rotatable bonds is 3. The molecule has 2 aromatic rings. The number of carbonyl (C=O) groups excluding carboxylic acids is 1. The van der Waals surface area contributed by atoms with Crippen LogP contribution >= 0.6 is 11.7 Å². The normalized spacial score (nSPS) is 17.0. The molecule has 1 fully saturated rings. The quantitative estimate of drug-likeness (QED) is 0.791. The maximum atomic E-state index is 12.5. The average Bonchev–Trinajstić information content (AvgIpc) is 3.02. The molecule has 0 aromatic carbocycles. The Bertz CT molecular complexity index is 796. The largest absolute Gasteiger partial charge is 0.336 e. The van der Waals surface area contributed by atoms with E-state index >= 15 is 0 Å². The number of fused-ring (bicyclic) bond motifs is 1. The third-order valence-corrected chi connectivity index (χ3v) is 6.06. The van der Waals surface area contributed by atoms with Gasteiger partial charge in [-0.3, -0.25) is 4.79 Å². The molecule has 8 nitrogen and oxygen atoms in total. The van der Waals surface area contributed by atoms with E-state index in [9.17, 15) is 13.2 Å². The van der Waals surface area contributed by atoms with Gasteiger partial charge in [-0.15, -0.1) is 0 Å². The molecule has 0 atom stereocenters. The highest BCUT2D eigenvalue weighted by Gasteiger charge is 2.28. The van der Waals surface area contributed by atoms with E-state index < -0.39 is 10.0 Å². The van der Waals surface area contributed by atoms with E-state index in [1.807, 2.05) is 0 Å². The molecule has 0 bridgehead atoms. The minimum absolute atomic E-state index is 0.0817. The van der Waals surface area contributed by atoms with Gasteiger partial charge in [0.15, 0.2) is 5.65 Å². The van der Waals surface area contributed by atoms with E-state index in [2.05, 4.69) is 13.7 Å². The van der Waals surface area contributed by atoms with E-state index in [0.717, 1.165) is 11.7 Å². The lowest BCUT2D eigenvalue weighted by molar-refractivity contribution is 0.0697. The number of piperazine rings is 1. The molecule has 2 aromatic heterocycles. The second kappa shape index (κ2) is 5.86. The van der Waals surface area contributed by atoms with Crippen LogP contribution in [0.25, 0.3) is 11.2 Å². The molecule has 1 aliphatic heterocycles. The number of nitrogens with zero attached hydrogens (tertiary/aromatic N) is 5. The monoisotopic (exact) mass is 341 g/mol. The number of amides is 1. The Balaban J connectivity index is 1.71. The highest BCUT2D eigenvalue weighted by molar-refractivity contribution is 7.89. The average molecular weight is 341 g/mol. The molecule has 3 heterocycles. The summed E-state index contributed by atoms with van der Waals surface area (Å²) < 4.78 is 33.1. The van der Waals surface area contributed by atoms with Gasteiger partial charge in [0.2, 0.25) is 10.0 Å². The molecule has 1 aliphatic rings. The van der Waals surface area contributed by atoms with E-state index in [4.69, 9.17) is 0 Å². The van der Waals surface area contributed by atoms with Crippen LogP contribution in [0, 0.1) is 0 Å². The van der Waals surface area contributed by atoms with Crippen molar-refractivity contribution in [1.29, 1.82) is 0 Å². The first-order chi connectivity index (χ1) is 10.5. The van der Waals surface area contributed by atoms with Crippen LogP contribution in [0.4, 0.5) is 0 Å². The fourth-order valence-electron chi connectivity index (χ4n) is 2.34. The summed E-state index contributed by atoms with van der Waals surface area (Å²) in [7, 11) is -3.19. The summed E-state index contributed by atoms with van der Waals surface area (Å²) in [5, 5.41) is 0. The zero-order chi connectivity index (χ0) is 15.7. The summed E-state index contributed by atoms with van der Waals surface area (Å²) in [5.41, 5.74) is 1.58. The van der Waals surface area contributed by atoms with Gasteiger partial charge in [0, 0.05) is 32.4 Å². The Labute approximate surface area is 132 Å². The van der Waals surface area contributed by atoms with Gasteiger partial charge in [0.05, 0.1) is 23.0 Å². The maximum Gasteiger partial charge on any atom is 0.255 e. The summed E-state index contributed by atoms with van der Waals surface area (Å²) in [6.45, 7) is 3.04. The molecular weight excluding hydrogens is 326 g/mol. The Morgan fingerprint density at radius 1 is 1.27 bits per heavy atom. The van der Waals surface area contributed by atoms with Crippen molar-refractivity contribution in [2.24, 2.45) is 0 Å². The summed E-state index contributed by atoms with van der Waals surface area (Å²) in [6.07, 6.45) is 1.49. The topological polar surface area (TPSA) is 96.4 Å². The smallest absolute Gasteiger partial charge is 0.255 e. The zero-order valence-corrected chi connectivity index (χ0v) is 13.6. The second-order valence-corrected chi connectivity index (χ2v) is 7.71. The van der Waals surface area contributed by atoms with Crippen molar-refractivity contribution in [3.05, 3.63) is 17.8 Å². The number of pyridine rings is 1. The standard InChI is InChI=1S/C12H15N5O3S2/c1-2-22(19,20)17-5-3-16(4-6-17)12(18)9-7-10-11(13-8-9)15-21-14-10/h7-8H,2-6H2,1H3. The molecule has 1 amide bonds. The van der Waals surface area contributed by atoms with Crippen molar-refractivity contribution < 1.29 is 13.2 Å². The first kappa shape index (κ1) is 15.3. The Hall–Kier alpha value is -1.65. The number of carbonyl (C=O) groups is 1. The lowest BCUT2D eigenvalue weighted by Gasteiger charge is -2.33. The minimum Gasteiger partial charge on any atom is -0.336 e. The van der Waals surface area contributed by atoms with Gasteiger partial charge >= 0.3 is 0 Å². The fraction of sp³-hybridized carbons (Fsp3) is 0.500. The third-order valence-electron chi connectivity index (χ3n) is 3.64. The number of hydrogen-bond donors (Lipinski definition) is 0. The SMILES string of the molecule is CCS(=O)(=O)N1CCN(C(=O)c2cnc3nsnc3c2)CC1.